The van der Waals surface area contributed by atoms with E-state index in [0.717, 1.165) is 29.7 Å². The first-order valence-electron chi connectivity index (χ1n) is 7.25. The van der Waals surface area contributed by atoms with Crippen molar-refractivity contribution in [2.24, 2.45) is 11.8 Å². The minimum Gasteiger partial charge on any atom is -0.380 e. The third kappa shape index (κ3) is 4.54. The Balaban J connectivity index is 1.94. The van der Waals surface area contributed by atoms with Gasteiger partial charge in [-0.25, -0.2) is 10.8 Å². The van der Waals surface area contributed by atoms with Crippen molar-refractivity contribution in [3.63, 3.8) is 0 Å². The largest absolute Gasteiger partial charge is 0.380 e. The number of aromatic nitrogens is 2. The minimum atomic E-state index is 0.400. The van der Waals surface area contributed by atoms with Crippen LogP contribution in [0.15, 0.2) is 24.3 Å². The van der Waals surface area contributed by atoms with E-state index in [9.17, 15) is 0 Å². The Bertz CT molecular complexity index is 573. The number of ether oxygens (including phenoxy) is 1. The first-order chi connectivity index (χ1) is 10.2. The smallest absolute Gasteiger partial charge is 0.239 e. The lowest BCUT2D eigenvalue weighted by Gasteiger charge is -2.11. The van der Waals surface area contributed by atoms with Gasteiger partial charge in [0.15, 0.2) is 0 Å². The molecule has 6 nitrogen and oxygen atoms in total. The maximum absolute atomic E-state index is 5.59. The fourth-order valence-electron chi connectivity index (χ4n) is 1.94. The Labute approximate surface area is 125 Å². The summed E-state index contributed by atoms with van der Waals surface area (Å²) in [6.07, 6.45) is 1.08. The lowest BCUT2D eigenvalue weighted by Crippen LogP contribution is -2.15. The second-order valence-corrected chi connectivity index (χ2v) is 5.28. The molecule has 0 amide bonds. The van der Waals surface area contributed by atoms with Crippen LogP contribution in [-0.4, -0.2) is 29.7 Å². The molecule has 0 fully saturated rings. The molecule has 4 N–H and O–H groups in total. The second kappa shape index (κ2) is 7.75. The summed E-state index contributed by atoms with van der Waals surface area (Å²) in [5, 5.41) is 4.25. The zero-order valence-electron chi connectivity index (χ0n) is 12.6. The first kappa shape index (κ1) is 15.5. The molecule has 1 heterocycles. The quantitative estimate of drug-likeness (QED) is 0.393. The zero-order valence-corrected chi connectivity index (χ0v) is 12.6. The van der Waals surface area contributed by atoms with E-state index < -0.39 is 0 Å². The van der Waals surface area contributed by atoms with Crippen LogP contribution in [0.2, 0.25) is 0 Å². The number of benzene rings is 1. The molecule has 0 aliphatic heterocycles. The molecule has 2 aromatic rings. The summed E-state index contributed by atoms with van der Waals surface area (Å²) in [4.78, 5) is 8.66. The second-order valence-electron chi connectivity index (χ2n) is 5.28. The Morgan fingerprint density at radius 3 is 2.76 bits per heavy atom. The minimum absolute atomic E-state index is 0.400. The monoisotopic (exact) mass is 289 g/mol. The zero-order chi connectivity index (χ0) is 15.1. The Kier molecular flexibility index (Phi) is 5.71. The molecule has 6 heteroatoms. The average molecular weight is 289 g/mol. The van der Waals surface area contributed by atoms with Crippen molar-refractivity contribution in [2.45, 2.75) is 20.3 Å². The van der Waals surface area contributed by atoms with Crippen LogP contribution in [0.3, 0.4) is 0 Å². The topological polar surface area (TPSA) is 85.1 Å². The Hall–Kier alpha value is -1.92. The van der Waals surface area contributed by atoms with Crippen LogP contribution in [0.1, 0.15) is 20.3 Å². The summed E-state index contributed by atoms with van der Waals surface area (Å²) in [6.45, 7) is 6.52. The van der Waals surface area contributed by atoms with Crippen LogP contribution in [0.25, 0.3) is 10.9 Å². The number of hydrazine groups is 1. The molecule has 0 aliphatic carbocycles. The molecule has 1 aromatic carbocycles. The van der Waals surface area contributed by atoms with Crippen molar-refractivity contribution in [3.8, 4) is 0 Å². The van der Waals surface area contributed by atoms with E-state index in [2.05, 4.69) is 34.6 Å². The molecule has 0 aliphatic rings. The summed E-state index contributed by atoms with van der Waals surface area (Å²) >= 11 is 0. The van der Waals surface area contributed by atoms with Crippen molar-refractivity contribution < 1.29 is 4.74 Å². The van der Waals surface area contributed by atoms with Gasteiger partial charge in [0.05, 0.1) is 12.1 Å². The van der Waals surface area contributed by atoms with E-state index >= 15 is 0 Å². The van der Waals surface area contributed by atoms with Gasteiger partial charge in [0, 0.05) is 18.5 Å². The third-order valence-corrected chi connectivity index (χ3v) is 3.11. The van der Waals surface area contributed by atoms with Gasteiger partial charge in [-0.15, -0.1) is 0 Å². The number of anilines is 2. The van der Waals surface area contributed by atoms with Gasteiger partial charge in [-0.05, 0) is 24.5 Å². The van der Waals surface area contributed by atoms with Gasteiger partial charge in [-0.3, -0.25) is 5.43 Å². The maximum Gasteiger partial charge on any atom is 0.239 e. The van der Waals surface area contributed by atoms with E-state index in [1.165, 1.54) is 0 Å². The molecular weight excluding hydrogens is 266 g/mol. The van der Waals surface area contributed by atoms with Crippen molar-refractivity contribution in [3.05, 3.63) is 24.3 Å². The van der Waals surface area contributed by atoms with Gasteiger partial charge in [-0.1, -0.05) is 26.0 Å². The molecule has 2 rings (SSSR count). The molecule has 0 atom stereocenters. The molecular formula is C15H23N5O. The summed E-state index contributed by atoms with van der Waals surface area (Å²) in [5.41, 5.74) is 3.34. The van der Waals surface area contributed by atoms with Gasteiger partial charge in [-0.2, -0.15) is 4.98 Å². The van der Waals surface area contributed by atoms with Gasteiger partial charge in [0.1, 0.15) is 5.82 Å². The fourth-order valence-corrected chi connectivity index (χ4v) is 1.94. The number of para-hydroxylation sites is 1. The van der Waals surface area contributed by atoms with Crippen LogP contribution in [-0.2, 0) is 4.74 Å². The Morgan fingerprint density at radius 1 is 1.19 bits per heavy atom. The van der Waals surface area contributed by atoms with Gasteiger partial charge in [0.25, 0.3) is 0 Å². The number of nitrogen functional groups attached to an aromatic ring is 1. The Morgan fingerprint density at radius 2 is 2.00 bits per heavy atom. The van der Waals surface area contributed by atoms with Gasteiger partial charge < -0.3 is 10.1 Å². The fraction of sp³-hybridized carbons (Fsp3) is 0.467. The molecule has 114 valence electrons. The van der Waals surface area contributed by atoms with E-state index in [1.54, 1.807) is 0 Å². The number of hydrogen-bond acceptors (Lipinski definition) is 6. The lowest BCUT2D eigenvalue weighted by atomic mass is 10.1. The van der Waals surface area contributed by atoms with Crippen molar-refractivity contribution in [2.75, 3.05) is 30.5 Å². The predicted molar refractivity (Wildman–Crippen MR) is 86.1 cm³/mol. The summed E-state index contributed by atoms with van der Waals surface area (Å²) in [5.74, 6) is 7.24. The maximum atomic E-state index is 5.59. The van der Waals surface area contributed by atoms with E-state index in [0.29, 0.717) is 25.0 Å². The molecule has 0 radical (unpaired) electrons. The number of nitrogens with two attached hydrogens (primary N) is 1. The number of rotatable bonds is 8. The van der Waals surface area contributed by atoms with Crippen LogP contribution in [0.5, 0.6) is 0 Å². The van der Waals surface area contributed by atoms with E-state index in [1.807, 2.05) is 24.3 Å². The van der Waals surface area contributed by atoms with Crippen LogP contribution in [0, 0.1) is 5.92 Å². The number of hydrogen-bond donors (Lipinski definition) is 3. The lowest BCUT2D eigenvalue weighted by molar-refractivity contribution is 0.132. The van der Waals surface area contributed by atoms with E-state index in [4.69, 9.17) is 10.6 Å². The summed E-state index contributed by atoms with van der Waals surface area (Å²) in [7, 11) is 0. The van der Waals surface area contributed by atoms with Gasteiger partial charge in [0.2, 0.25) is 5.95 Å². The van der Waals surface area contributed by atoms with Crippen molar-refractivity contribution >= 4 is 22.7 Å². The summed E-state index contributed by atoms with van der Waals surface area (Å²) < 4.78 is 5.59. The highest BCUT2D eigenvalue weighted by molar-refractivity contribution is 5.89. The molecule has 1 aromatic heterocycles. The number of nitrogens with one attached hydrogen (secondary N) is 2. The molecule has 0 spiro atoms. The highest BCUT2D eigenvalue weighted by atomic mass is 16.5. The SMILES string of the molecule is CC(C)CCOCCNc1nc(NN)nc2ccccc12. The first-order valence-corrected chi connectivity index (χ1v) is 7.25. The number of fused-ring (bicyclic) bond motifs is 1. The van der Waals surface area contributed by atoms with Crippen molar-refractivity contribution in [1.82, 2.24) is 9.97 Å². The summed E-state index contributed by atoms with van der Waals surface area (Å²) in [6, 6.07) is 7.82. The molecule has 0 bridgehead atoms. The van der Waals surface area contributed by atoms with Crippen LogP contribution >= 0.6 is 0 Å². The van der Waals surface area contributed by atoms with Crippen molar-refractivity contribution in [1.29, 1.82) is 0 Å². The highest BCUT2D eigenvalue weighted by Crippen LogP contribution is 2.21. The molecule has 0 unspecified atom stereocenters. The predicted octanol–water partition coefficient (Wildman–Crippen LogP) is 2.39. The van der Waals surface area contributed by atoms with Crippen LogP contribution < -0.4 is 16.6 Å². The van der Waals surface area contributed by atoms with E-state index in [-0.39, 0.29) is 0 Å². The van der Waals surface area contributed by atoms with Gasteiger partial charge >= 0.3 is 0 Å². The third-order valence-electron chi connectivity index (χ3n) is 3.11. The molecule has 0 saturated heterocycles. The average Bonchev–Trinajstić information content (AvgIpc) is 2.50. The molecule has 0 saturated carbocycles. The highest BCUT2D eigenvalue weighted by Gasteiger charge is 2.06. The molecule has 21 heavy (non-hydrogen) atoms. The van der Waals surface area contributed by atoms with Crippen LogP contribution in [0.4, 0.5) is 11.8 Å². The standard InChI is InChI=1S/C15H23N5O/c1-11(2)7-9-21-10-8-17-14-12-5-3-4-6-13(12)18-15(19-14)20-16/h3-6,11H,7-10,16H2,1-2H3,(H2,17,18,19,20). The number of nitrogens with zero attached hydrogens (tertiary/aromatic N) is 2. The normalized spacial score (nSPS) is 11.0.